The van der Waals surface area contributed by atoms with E-state index in [0.717, 1.165) is 17.5 Å². The van der Waals surface area contributed by atoms with Gasteiger partial charge < -0.3 is 9.69 Å². The lowest BCUT2D eigenvalue weighted by molar-refractivity contribution is -0.108. The lowest BCUT2D eigenvalue weighted by atomic mass is 10.1. The molecule has 0 unspecified atom stereocenters. The van der Waals surface area contributed by atoms with Gasteiger partial charge in [0.2, 0.25) is 0 Å². The van der Waals surface area contributed by atoms with Crippen LogP contribution in [0.2, 0.25) is 0 Å². The van der Waals surface area contributed by atoms with E-state index < -0.39 is 0 Å². The second-order valence-electron chi connectivity index (χ2n) is 3.85. The fourth-order valence-corrected chi connectivity index (χ4v) is 1.94. The summed E-state index contributed by atoms with van der Waals surface area (Å²) in [7, 11) is 1.76. The van der Waals surface area contributed by atoms with Crippen LogP contribution in [0.3, 0.4) is 0 Å². The highest BCUT2D eigenvalue weighted by atomic mass is 16.2. The molecule has 2 amide bonds. The van der Waals surface area contributed by atoms with Gasteiger partial charge in [0.1, 0.15) is 6.29 Å². The number of nitrogens with zero attached hydrogens (tertiary/aromatic N) is 2. The standard InChI is InChI=1S/C12H14N2O2/c1-13-11-6-3-2-5-10(11)9-14(12(13)16)7-4-8-15/h2-3,5-6,8H,4,7,9H2,1H3. The first-order valence-electron chi connectivity index (χ1n) is 5.28. The molecule has 0 aromatic heterocycles. The van der Waals surface area contributed by atoms with E-state index in [9.17, 15) is 9.59 Å². The van der Waals surface area contributed by atoms with Crippen molar-refractivity contribution in [1.29, 1.82) is 0 Å². The number of carbonyl (C=O) groups is 2. The number of anilines is 1. The van der Waals surface area contributed by atoms with Gasteiger partial charge in [-0.15, -0.1) is 0 Å². The molecule has 0 saturated heterocycles. The third-order valence-corrected chi connectivity index (χ3v) is 2.79. The Bertz CT molecular complexity index is 417. The molecule has 1 heterocycles. The number of fused-ring (bicyclic) bond motifs is 1. The predicted molar refractivity (Wildman–Crippen MR) is 61.3 cm³/mol. The molecule has 1 aromatic rings. The van der Waals surface area contributed by atoms with Gasteiger partial charge in [-0.25, -0.2) is 4.79 Å². The molecule has 0 saturated carbocycles. The van der Waals surface area contributed by atoms with Crippen molar-refractivity contribution in [1.82, 2.24) is 4.90 Å². The Kier molecular flexibility index (Phi) is 2.90. The van der Waals surface area contributed by atoms with Gasteiger partial charge in [-0.1, -0.05) is 18.2 Å². The number of para-hydroxylation sites is 1. The van der Waals surface area contributed by atoms with Gasteiger partial charge in [0.05, 0.1) is 5.69 Å². The minimum Gasteiger partial charge on any atom is -0.320 e. The van der Waals surface area contributed by atoms with E-state index in [1.54, 1.807) is 16.8 Å². The zero-order valence-corrected chi connectivity index (χ0v) is 9.22. The van der Waals surface area contributed by atoms with Crippen molar-refractivity contribution >= 4 is 18.0 Å². The quantitative estimate of drug-likeness (QED) is 0.724. The van der Waals surface area contributed by atoms with Crippen molar-refractivity contribution in [3.63, 3.8) is 0 Å². The van der Waals surface area contributed by atoms with Crippen LogP contribution >= 0.6 is 0 Å². The molecule has 84 valence electrons. The van der Waals surface area contributed by atoms with Crippen molar-refractivity contribution in [3.8, 4) is 0 Å². The van der Waals surface area contributed by atoms with E-state index in [4.69, 9.17) is 0 Å². The summed E-state index contributed by atoms with van der Waals surface area (Å²) in [6, 6.07) is 7.78. The Morgan fingerprint density at radius 1 is 1.38 bits per heavy atom. The van der Waals surface area contributed by atoms with E-state index in [2.05, 4.69) is 0 Å². The zero-order chi connectivity index (χ0) is 11.5. The van der Waals surface area contributed by atoms with Crippen LogP contribution in [0.5, 0.6) is 0 Å². The summed E-state index contributed by atoms with van der Waals surface area (Å²) >= 11 is 0. The molecule has 1 aliphatic heterocycles. The molecular weight excluding hydrogens is 204 g/mol. The minimum absolute atomic E-state index is 0.0412. The summed E-state index contributed by atoms with van der Waals surface area (Å²) in [6.07, 6.45) is 1.23. The summed E-state index contributed by atoms with van der Waals surface area (Å²) < 4.78 is 0. The van der Waals surface area contributed by atoms with Crippen LogP contribution in [0, 0.1) is 0 Å². The topological polar surface area (TPSA) is 40.6 Å². The first kappa shape index (κ1) is 10.7. The Hall–Kier alpha value is -1.84. The number of amides is 2. The van der Waals surface area contributed by atoms with Gasteiger partial charge >= 0.3 is 6.03 Å². The number of aldehydes is 1. The third-order valence-electron chi connectivity index (χ3n) is 2.79. The Morgan fingerprint density at radius 2 is 2.12 bits per heavy atom. The van der Waals surface area contributed by atoms with E-state index in [0.29, 0.717) is 19.5 Å². The van der Waals surface area contributed by atoms with E-state index in [1.807, 2.05) is 24.3 Å². The molecule has 0 spiro atoms. The molecule has 1 aromatic carbocycles. The number of hydrogen-bond acceptors (Lipinski definition) is 2. The predicted octanol–water partition coefficient (Wildman–Crippen LogP) is 1.65. The maximum absolute atomic E-state index is 11.9. The molecule has 4 heteroatoms. The Balaban J connectivity index is 2.24. The van der Waals surface area contributed by atoms with Crippen LogP contribution < -0.4 is 4.90 Å². The summed E-state index contributed by atoms with van der Waals surface area (Å²) in [6.45, 7) is 1.08. The van der Waals surface area contributed by atoms with Crippen LogP contribution in [0.15, 0.2) is 24.3 Å². The van der Waals surface area contributed by atoms with Gasteiger partial charge in [-0.05, 0) is 11.6 Å². The zero-order valence-electron chi connectivity index (χ0n) is 9.22. The highest BCUT2D eigenvalue weighted by molar-refractivity contribution is 5.94. The monoisotopic (exact) mass is 218 g/mol. The van der Waals surface area contributed by atoms with Crippen LogP contribution in [0.4, 0.5) is 10.5 Å². The normalized spacial score (nSPS) is 14.9. The Morgan fingerprint density at radius 3 is 2.88 bits per heavy atom. The molecule has 2 rings (SSSR count). The minimum atomic E-state index is -0.0412. The third kappa shape index (κ3) is 1.78. The molecule has 0 N–H and O–H groups in total. The van der Waals surface area contributed by atoms with E-state index in [-0.39, 0.29) is 6.03 Å². The SMILES string of the molecule is CN1C(=O)N(CCC=O)Cc2ccccc21. The number of benzene rings is 1. The average molecular weight is 218 g/mol. The van der Waals surface area contributed by atoms with Crippen molar-refractivity contribution < 1.29 is 9.59 Å². The van der Waals surface area contributed by atoms with Crippen molar-refractivity contribution in [2.45, 2.75) is 13.0 Å². The first-order valence-corrected chi connectivity index (χ1v) is 5.28. The van der Waals surface area contributed by atoms with Gasteiger partial charge in [-0.2, -0.15) is 0 Å². The Labute approximate surface area is 94.5 Å². The number of rotatable bonds is 3. The van der Waals surface area contributed by atoms with Crippen LogP contribution in [-0.2, 0) is 11.3 Å². The van der Waals surface area contributed by atoms with Gasteiger partial charge in [-0.3, -0.25) is 4.90 Å². The first-order chi connectivity index (χ1) is 7.74. The fourth-order valence-electron chi connectivity index (χ4n) is 1.94. The second kappa shape index (κ2) is 4.35. The summed E-state index contributed by atoms with van der Waals surface area (Å²) in [5, 5.41) is 0. The van der Waals surface area contributed by atoms with Crippen LogP contribution in [-0.4, -0.2) is 30.8 Å². The van der Waals surface area contributed by atoms with Crippen molar-refractivity contribution in [3.05, 3.63) is 29.8 Å². The van der Waals surface area contributed by atoms with Crippen LogP contribution in [0.25, 0.3) is 0 Å². The lowest BCUT2D eigenvalue weighted by Crippen LogP contribution is -2.45. The summed E-state index contributed by atoms with van der Waals surface area (Å²) in [5.41, 5.74) is 2.07. The molecule has 4 nitrogen and oxygen atoms in total. The summed E-state index contributed by atoms with van der Waals surface area (Å²) in [5.74, 6) is 0. The van der Waals surface area contributed by atoms with E-state index >= 15 is 0 Å². The van der Waals surface area contributed by atoms with E-state index in [1.165, 1.54) is 0 Å². The van der Waals surface area contributed by atoms with Gasteiger partial charge in [0.15, 0.2) is 0 Å². The number of hydrogen-bond donors (Lipinski definition) is 0. The molecule has 0 aliphatic carbocycles. The maximum Gasteiger partial charge on any atom is 0.324 e. The lowest BCUT2D eigenvalue weighted by Gasteiger charge is -2.34. The molecule has 16 heavy (non-hydrogen) atoms. The molecule has 0 atom stereocenters. The summed E-state index contributed by atoms with van der Waals surface area (Å²) in [4.78, 5) is 25.6. The largest absolute Gasteiger partial charge is 0.324 e. The maximum atomic E-state index is 11.9. The highest BCUT2D eigenvalue weighted by Crippen LogP contribution is 2.26. The van der Waals surface area contributed by atoms with Crippen LogP contribution in [0.1, 0.15) is 12.0 Å². The molecule has 1 aliphatic rings. The second-order valence-corrected chi connectivity index (χ2v) is 3.85. The molecular formula is C12H14N2O2. The average Bonchev–Trinajstić information content (AvgIpc) is 2.32. The molecule has 0 fully saturated rings. The molecule has 0 bridgehead atoms. The van der Waals surface area contributed by atoms with Gasteiger partial charge in [0.25, 0.3) is 0 Å². The van der Waals surface area contributed by atoms with Crippen molar-refractivity contribution in [2.24, 2.45) is 0 Å². The smallest absolute Gasteiger partial charge is 0.320 e. The van der Waals surface area contributed by atoms with Gasteiger partial charge in [0, 0.05) is 26.6 Å². The van der Waals surface area contributed by atoms with Crippen molar-refractivity contribution in [2.75, 3.05) is 18.5 Å². The molecule has 0 radical (unpaired) electrons. The fraction of sp³-hybridized carbons (Fsp3) is 0.333. The number of urea groups is 1. The number of carbonyl (C=O) groups excluding carboxylic acids is 2. The highest BCUT2D eigenvalue weighted by Gasteiger charge is 2.26.